The van der Waals surface area contributed by atoms with Gasteiger partial charge < -0.3 is 15.1 Å². The summed E-state index contributed by atoms with van der Waals surface area (Å²) in [7, 11) is -2.17. The molecule has 1 N–H and O–H groups in total. The Morgan fingerprint density at radius 1 is 1.09 bits per heavy atom. The van der Waals surface area contributed by atoms with Crippen LogP contribution in [0.5, 0.6) is 0 Å². The molecule has 10 nitrogen and oxygen atoms in total. The number of anilines is 2. The number of hydrogen-bond acceptors (Lipinski definition) is 7. The Hall–Kier alpha value is -2.50. The molecule has 33 heavy (non-hydrogen) atoms. The van der Waals surface area contributed by atoms with Gasteiger partial charge in [-0.1, -0.05) is 20.8 Å². The number of nitrogens with one attached hydrogen (secondary N) is 1. The van der Waals surface area contributed by atoms with Gasteiger partial charge in [0.2, 0.25) is 15.9 Å². The first-order valence-electron chi connectivity index (χ1n) is 11.5. The number of hydrogen-bond donors (Lipinski definition) is 1. The molecule has 0 bridgehead atoms. The third kappa shape index (κ3) is 5.53. The topological polar surface area (TPSA) is 106 Å². The molecule has 2 heterocycles. The van der Waals surface area contributed by atoms with Crippen LogP contribution in [-0.4, -0.2) is 93.0 Å². The molecule has 0 unspecified atom stereocenters. The largest absolute Gasteiger partial charge is 0.367 e. The summed E-state index contributed by atoms with van der Waals surface area (Å²) in [6.07, 6.45) is 0.460. The molecule has 3 rings (SSSR count). The Morgan fingerprint density at radius 2 is 1.76 bits per heavy atom. The molecule has 1 saturated heterocycles. The number of carbonyl (C=O) groups excluding carboxylic acids is 2. The maximum atomic E-state index is 13.1. The van der Waals surface area contributed by atoms with Crippen LogP contribution in [0, 0.1) is 0 Å². The summed E-state index contributed by atoms with van der Waals surface area (Å²) in [6.45, 7) is 10.7. The fraction of sp³-hybridized carbons (Fsp3) is 0.591. The standard InChI is InChI=1S/C22H34N6O4S/c1-5-26-12-14-27(15-13-26)20-10-8-17(33(31,32)28(6-2)7-3)16-19(20)23-22(30)18-9-11-21(29)25(4)24-18/h8,10,16H,5-7,9,11-15H2,1-4H3,(H,23,30). The van der Waals surface area contributed by atoms with Crippen LogP contribution in [0.25, 0.3) is 0 Å². The molecule has 0 spiro atoms. The van der Waals surface area contributed by atoms with E-state index in [4.69, 9.17) is 0 Å². The van der Waals surface area contributed by atoms with Crippen molar-refractivity contribution in [1.82, 2.24) is 14.2 Å². The van der Waals surface area contributed by atoms with Crippen molar-refractivity contribution in [2.75, 3.05) is 63.1 Å². The third-order valence-corrected chi connectivity index (χ3v) is 8.23. The van der Waals surface area contributed by atoms with Crippen LogP contribution in [0.1, 0.15) is 33.6 Å². The molecule has 0 aromatic heterocycles. The van der Waals surface area contributed by atoms with Crippen molar-refractivity contribution in [3.63, 3.8) is 0 Å². The van der Waals surface area contributed by atoms with Gasteiger partial charge in [-0.3, -0.25) is 9.59 Å². The van der Waals surface area contributed by atoms with Crippen molar-refractivity contribution in [2.24, 2.45) is 5.10 Å². The second kappa shape index (κ2) is 10.6. The van der Waals surface area contributed by atoms with Gasteiger partial charge in [0.05, 0.1) is 16.3 Å². The summed E-state index contributed by atoms with van der Waals surface area (Å²) >= 11 is 0. The summed E-state index contributed by atoms with van der Waals surface area (Å²) in [5.41, 5.74) is 1.45. The molecule has 1 aromatic rings. The van der Waals surface area contributed by atoms with Gasteiger partial charge in [0.1, 0.15) is 5.71 Å². The smallest absolute Gasteiger partial charge is 0.271 e. The van der Waals surface area contributed by atoms with E-state index in [0.29, 0.717) is 18.8 Å². The Balaban J connectivity index is 1.96. The van der Waals surface area contributed by atoms with Crippen LogP contribution in [0.15, 0.2) is 28.2 Å². The average molecular weight is 479 g/mol. The minimum absolute atomic E-state index is 0.135. The van der Waals surface area contributed by atoms with Crippen LogP contribution >= 0.6 is 0 Å². The fourth-order valence-electron chi connectivity index (χ4n) is 4.10. The lowest BCUT2D eigenvalue weighted by Gasteiger charge is -2.36. The fourth-order valence-corrected chi connectivity index (χ4v) is 5.58. The van der Waals surface area contributed by atoms with E-state index in [2.05, 4.69) is 27.1 Å². The number of hydrazone groups is 1. The summed E-state index contributed by atoms with van der Waals surface area (Å²) < 4.78 is 27.6. The first-order chi connectivity index (χ1) is 15.7. The molecule has 11 heteroatoms. The van der Waals surface area contributed by atoms with E-state index in [1.54, 1.807) is 26.0 Å². The molecule has 2 amide bonds. The van der Waals surface area contributed by atoms with Crippen LogP contribution in [0.3, 0.4) is 0 Å². The monoisotopic (exact) mass is 478 g/mol. The summed E-state index contributed by atoms with van der Waals surface area (Å²) in [6, 6.07) is 4.91. The zero-order valence-corrected chi connectivity index (χ0v) is 20.7. The molecule has 0 atom stereocenters. The molecular formula is C22H34N6O4S. The first-order valence-corrected chi connectivity index (χ1v) is 12.9. The van der Waals surface area contributed by atoms with E-state index in [1.807, 2.05) is 0 Å². The third-order valence-electron chi connectivity index (χ3n) is 6.19. The number of rotatable bonds is 8. The second-order valence-electron chi connectivity index (χ2n) is 8.11. The molecule has 2 aliphatic heterocycles. The summed E-state index contributed by atoms with van der Waals surface area (Å²) in [5.74, 6) is -0.575. The van der Waals surface area contributed by atoms with E-state index < -0.39 is 15.9 Å². The van der Waals surface area contributed by atoms with Crippen molar-refractivity contribution < 1.29 is 18.0 Å². The van der Waals surface area contributed by atoms with Gasteiger partial charge in [0.15, 0.2) is 0 Å². The Kier molecular flexibility index (Phi) is 8.09. The Labute approximate surface area is 196 Å². The lowest BCUT2D eigenvalue weighted by atomic mass is 10.1. The number of likely N-dealkylation sites (N-methyl/N-ethyl adjacent to an activating group) is 1. The Morgan fingerprint density at radius 3 is 2.33 bits per heavy atom. The highest BCUT2D eigenvalue weighted by Gasteiger charge is 2.27. The number of benzene rings is 1. The van der Waals surface area contributed by atoms with Gasteiger partial charge in [-0.15, -0.1) is 0 Å². The van der Waals surface area contributed by atoms with Crippen molar-refractivity contribution >= 4 is 38.9 Å². The first kappa shape index (κ1) is 25.1. The summed E-state index contributed by atoms with van der Waals surface area (Å²) in [4.78, 5) is 29.3. The minimum Gasteiger partial charge on any atom is -0.367 e. The van der Waals surface area contributed by atoms with Crippen molar-refractivity contribution in [1.29, 1.82) is 0 Å². The van der Waals surface area contributed by atoms with Crippen molar-refractivity contribution in [3.8, 4) is 0 Å². The molecule has 1 fully saturated rings. The normalized spacial score (nSPS) is 18.0. The average Bonchev–Trinajstić information content (AvgIpc) is 2.81. The van der Waals surface area contributed by atoms with Gasteiger partial charge in [-0.25, -0.2) is 13.4 Å². The van der Waals surface area contributed by atoms with Crippen molar-refractivity contribution in [2.45, 2.75) is 38.5 Å². The van der Waals surface area contributed by atoms with Crippen LogP contribution in [-0.2, 0) is 19.6 Å². The van der Waals surface area contributed by atoms with E-state index in [1.165, 1.54) is 22.4 Å². The quantitative estimate of drug-likeness (QED) is 0.606. The van der Waals surface area contributed by atoms with Gasteiger partial charge in [0.25, 0.3) is 5.91 Å². The van der Waals surface area contributed by atoms with Gasteiger partial charge in [0, 0.05) is 59.2 Å². The predicted molar refractivity (Wildman–Crippen MR) is 129 cm³/mol. The highest BCUT2D eigenvalue weighted by Crippen LogP contribution is 2.31. The van der Waals surface area contributed by atoms with Crippen LogP contribution in [0.2, 0.25) is 0 Å². The highest BCUT2D eigenvalue weighted by atomic mass is 32.2. The number of piperazine rings is 1. The molecule has 0 radical (unpaired) electrons. The second-order valence-corrected chi connectivity index (χ2v) is 10.0. The van der Waals surface area contributed by atoms with Crippen LogP contribution < -0.4 is 10.2 Å². The number of sulfonamides is 1. The van der Waals surface area contributed by atoms with E-state index in [9.17, 15) is 18.0 Å². The van der Waals surface area contributed by atoms with Crippen LogP contribution in [0.4, 0.5) is 11.4 Å². The molecule has 182 valence electrons. The van der Waals surface area contributed by atoms with E-state index in [-0.39, 0.29) is 29.4 Å². The van der Waals surface area contributed by atoms with E-state index in [0.717, 1.165) is 38.4 Å². The molecular weight excluding hydrogens is 444 g/mol. The maximum Gasteiger partial charge on any atom is 0.271 e. The SMILES string of the molecule is CCN1CCN(c2ccc(S(=O)(=O)N(CC)CC)cc2NC(=O)C2=NN(C)C(=O)CC2)CC1. The number of amides is 2. The molecule has 0 saturated carbocycles. The van der Waals surface area contributed by atoms with Gasteiger partial charge in [-0.2, -0.15) is 9.41 Å². The van der Waals surface area contributed by atoms with E-state index >= 15 is 0 Å². The predicted octanol–water partition coefficient (Wildman–Crippen LogP) is 1.41. The van der Waals surface area contributed by atoms with Gasteiger partial charge in [-0.05, 0) is 24.7 Å². The van der Waals surface area contributed by atoms with Gasteiger partial charge >= 0.3 is 0 Å². The molecule has 2 aliphatic rings. The van der Waals surface area contributed by atoms with Crippen molar-refractivity contribution in [3.05, 3.63) is 18.2 Å². The molecule has 0 aliphatic carbocycles. The lowest BCUT2D eigenvalue weighted by molar-refractivity contribution is -0.130. The number of nitrogens with zero attached hydrogens (tertiary/aromatic N) is 5. The zero-order chi connectivity index (χ0) is 24.2. The zero-order valence-electron chi connectivity index (χ0n) is 19.9. The summed E-state index contributed by atoms with van der Waals surface area (Å²) in [5, 5.41) is 8.14. The lowest BCUT2D eigenvalue weighted by Crippen LogP contribution is -2.46. The number of carbonyl (C=O) groups is 2. The Bertz CT molecular complexity index is 1010. The maximum absolute atomic E-state index is 13.1. The minimum atomic E-state index is -3.69. The molecule has 1 aromatic carbocycles. The highest BCUT2D eigenvalue weighted by molar-refractivity contribution is 7.89.